The lowest BCUT2D eigenvalue weighted by Crippen LogP contribution is -2.37. The summed E-state index contributed by atoms with van der Waals surface area (Å²) in [7, 11) is 0. The number of hydrazine groups is 1. The van der Waals surface area contributed by atoms with Crippen LogP contribution in [0.4, 0.5) is 0 Å². The van der Waals surface area contributed by atoms with Crippen molar-refractivity contribution in [3.05, 3.63) is 29.3 Å². The summed E-state index contributed by atoms with van der Waals surface area (Å²) in [6.45, 7) is 4.73. The standard InChI is InChI=1S/C16H23N3S/c1-10-3-4-12(7-11(10)2)16(19-17)13-8-15-14(18-9-13)5-6-20-15/h5-6,8-12,16,19H,3-4,7,17H2,1-2H3. The van der Waals surface area contributed by atoms with Crippen molar-refractivity contribution in [1.82, 2.24) is 10.4 Å². The first-order chi connectivity index (χ1) is 9.69. The van der Waals surface area contributed by atoms with Gasteiger partial charge >= 0.3 is 0 Å². The van der Waals surface area contributed by atoms with Gasteiger partial charge in [0, 0.05) is 6.20 Å². The van der Waals surface area contributed by atoms with Gasteiger partial charge in [-0.25, -0.2) is 0 Å². The van der Waals surface area contributed by atoms with Crippen molar-refractivity contribution in [1.29, 1.82) is 0 Å². The van der Waals surface area contributed by atoms with Gasteiger partial charge in [-0.15, -0.1) is 11.3 Å². The highest BCUT2D eigenvalue weighted by atomic mass is 32.1. The Kier molecular flexibility index (Phi) is 4.06. The van der Waals surface area contributed by atoms with Crippen molar-refractivity contribution in [3.63, 3.8) is 0 Å². The minimum absolute atomic E-state index is 0.226. The summed E-state index contributed by atoms with van der Waals surface area (Å²) >= 11 is 1.75. The van der Waals surface area contributed by atoms with E-state index in [9.17, 15) is 0 Å². The molecule has 20 heavy (non-hydrogen) atoms. The Morgan fingerprint density at radius 3 is 2.95 bits per heavy atom. The molecular weight excluding hydrogens is 266 g/mol. The molecule has 0 amide bonds. The Bertz CT molecular complexity index is 580. The Balaban J connectivity index is 1.85. The fourth-order valence-corrected chi connectivity index (χ4v) is 4.22. The van der Waals surface area contributed by atoms with E-state index in [1.807, 2.05) is 6.20 Å². The second-order valence-electron chi connectivity index (χ2n) is 6.24. The summed E-state index contributed by atoms with van der Waals surface area (Å²) in [6.07, 6.45) is 5.79. The largest absolute Gasteiger partial charge is 0.271 e. The predicted molar refractivity (Wildman–Crippen MR) is 85.4 cm³/mol. The number of thiophene rings is 1. The number of nitrogens with two attached hydrogens (primary N) is 1. The van der Waals surface area contributed by atoms with Crippen molar-refractivity contribution in [2.75, 3.05) is 0 Å². The van der Waals surface area contributed by atoms with Gasteiger partial charge in [0.1, 0.15) is 0 Å². The van der Waals surface area contributed by atoms with Crippen molar-refractivity contribution in [2.24, 2.45) is 23.6 Å². The molecule has 4 unspecified atom stereocenters. The third kappa shape index (κ3) is 2.60. The Labute approximate surface area is 124 Å². The first kappa shape index (κ1) is 14.0. The number of aromatic nitrogens is 1. The smallest absolute Gasteiger partial charge is 0.0809 e. The highest BCUT2D eigenvalue weighted by Crippen LogP contribution is 2.40. The quantitative estimate of drug-likeness (QED) is 0.666. The van der Waals surface area contributed by atoms with Crippen LogP contribution in [0.5, 0.6) is 0 Å². The zero-order chi connectivity index (χ0) is 14.1. The Hall–Kier alpha value is -0.970. The van der Waals surface area contributed by atoms with E-state index < -0.39 is 0 Å². The highest BCUT2D eigenvalue weighted by Gasteiger charge is 2.30. The lowest BCUT2D eigenvalue weighted by Gasteiger charge is -2.36. The van der Waals surface area contributed by atoms with Gasteiger partial charge in [0.05, 0.1) is 16.3 Å². The molecule has 1 aliphatic rings. The average molecular weight is 289 g/mol. The molecule has 2 aromatic rings. The van der Waals surface area contributed by atoms with E-state index in [4.69, 9.17) is 5.84 Å². The fourth-order valence-electron chi connectivity index (χ4n) is 3.43. The zero-order valence-electron chi connectivity index (χ0n) is 12.2. The maximum Gasteiger partial charge on any atom is 0.0809 e. The van der Waals surface area contributed by atoms with Crippen LogP contribution < -0.4 is 11.3 Å². The molecule has 0 radical (unpaired) electrons. The van der Waals surface area contributed by atoms with Crippen molar-refractivity contribution >= 4 is 21.6 Å². The second kappa shape index (κ2) is 5.80. The van der Waals surface area contributed by atoms with Crippen LogP contribution in [0, 0.1) is 17.8 Å². The molecule has 3 nitrogen and oxygen atoms in total. The van der Waals surface area contributed by atoms with E-state index in [2.05, 4.69) is 41.8 Å². The maximum atomic E-state index is 5.86. The first-order valence-electron chi connectivity index (χ1n) is 7.48. The van der Waals surface area contributed by atoms with Gasteiger partial charge in [-0.1, -0.05) is 20.3 Å². The predicted octanol–water partition coefficient (Wildman–Crippen LogP) is 3.87. The minimum Gasteiger partial charge on any atom is -0.271 e. The van der Waals surface area contributed by atoms with E-state index in [0.717, 1.165) is 17.4 Å². The molecule has 0 aliphatic heterocycles. The third-order valence-electron chi connectivity index (χ3n) is 4.97. The zero-order valence-corrected chi connectivity index (χ0v) is 13.0. The normalized spacial score (nSPS) is 28.6. The number of fused-ring (bicyclic) bond motifs is 1. The van der Waals surface area contributed by atoms with Gasteiger partial charge in [-0.05, 0) is 53.7 Å². The molecule has 108 valence electrons. The molecule has 0 saturated heterocycles. The van der Waals surface area contributed by atoms with Crippen LogP contribution in [-0.4, -0.2) is 4.98 Å². The third-order valence-corrected chi connectivity index (χ3v) is 5.83. The molecule has 0 bridgehead atoms. The molecule has 4 heteroatoms. The molecule has 0 spiro atoms. The fraction of sp³-hybridized carbons (Fsp3) is 0.562. The van der Waals surface area contributed by atoms with Gasteiger partial charge < -0.3 is 0 Å². The maximum absolute atomic E-state index is 5.86. The monoisotopic (exact) mass is 289 g/mol. The summed E-state index contributed by atoms with van der Waals surface area (Å²) < 4.78 is 1.25. The summed E-state index contributed by atoms with van der Waals surface area (Å²) in [4.78, 5) is 4.55. The lowest BCUT2D eigenvalue weighted by molar-refractivity contribution is 0.171. The molecular formula is C16H23N3S. The van der Waals surface area contributed by atoms with Crippen LogP contribution in [0.1, 0.15) is 44.7 Å². The highest BCUT2D eigenvalue weighted by molar-refractivity contribution is 7.17. The molecule has 3 N–H and O–H groups in total. The molecule has 1 aliphatic carbocycles. The lowest BCUT2D eigenvalue weighted by atomic mass is 9.72. The van der Waals surface area contributed by atoms with Crippen LogP contribution in [0.15, 0.2) is 23.7 Å². The van der Waals surface area contributed by atoms with Gasteiger partial charge in [0.25, 0.3) is 0 Å². The van der Waals surface area contributed by atoms with E-state index >= 15 is 0 Å². The topological polar surface area (TPSA) is 50.9 Å². The SMILES string of the molecule is CC1CCC(C(NN)c2cnc3ccsc3c2)CC1C. The molecule has 1 saturated carbocycles. The van der Waals surface area contributed by atoms with E-state index in [0.29, 0.717) is 5.92 Å². The van der Waals surface area contributed by atoms with Gasteiger partial charge in [-0.2, -0.15) is 0 Å². The van der Waals surface area contributed by atoms with Crippen LogP contribution in [-0.2, 0) is 0 Å². The second-order valence-corrected chi connectivity index (χ2v) is 7.19. The molecule has 0 aromatic carbocycles. The first-order valence-corrected chi connectivity index (χ1v) is 8.36. The van der Waals surface area contributed by atoms with E-state index in [1.165, 1.54) is 29.5 Å². The van der Waals surface area contributed by atoms with Crippen LogP contribution in [0.2, 0.25) is 0 Å². The van der Waals surface area contributed by atoms with Gasteiger partial charge in [0.2, 0.25) is 0 Å². The van der Waals surface area contributed by atoms with E-state index in [1.54, 1.807) is 11.3 Å². The van der Waals surface area contributed by atoms with Crippen LogP contribution in [0.25, 0.3) is 10.2 Å². The summed E-state index contributed by atoms with van der Waals surface area (Å²) in [6, 6.07) is 4.54. The molecule has 2 heterocycles. The molecule has 1 fully saturated rings. The van der Waals surface area contributed by atoms with E-state index in [-0.39, 0.29) is 6.04 Å². The number of nitrogens with zero attached hydrogens (tertiary/aromatic N) is 1. The number of pyridine rings is 1. The van der Waals surface area contributed by atoms with Gasteiger partial charge in [0.15, 0.2) is 0 Å². The summed E-state index contributed by atoms with van der Waals surface area (Å²) in [5.74, 6) is 8.09. The molecule has 2 aromatic heterocycles. The number of nitrogens with one attached hydrogen (secondary N) is 1. The average Bonchev–Trinajstić information content (AvgIpc) is 2.91. The Morgan fingerprint density at radius 1 is 1.35 bits per heavy atom. The minimum atomic E-state index is 0.226. The molecule has 4 atom stereocenters. The summed E-state index contributed by atoms with van der Waals surface area (Å²) in [5, 5.41) is 2.09. The summed E-state index contributed by atoms with van der Waals surface area (Å²) in [5.41, 5.74) is 5.36. The van der Waals surface area contributed by atoms with Crippen molar-refractivity contribution < 1.29 is 0 Å². The number of hydrogen-bond donors (Lipinski definition) is 2. The Morgan fingerprint density at radius 2 is 2.20 bits per heavy atom. The number of rotatable bonds is 3. The van der Waals surface area contributed by atoms with Crippen molar-refractivity contribution in [3.8, 4) is 0 Å². The van der Waals surface area contributed by atoms with Crippen molar-refractivity contribution in [2.45, 2.75) is 39.2 Å². The van der Waals surface area contributed by atoms with Gasteiger partial charge in [-0.3, -0.25) is 16.3 Å². The number of hydrogen-bond acceptors (Lipinski definition) is 4. The molecule has 3 rings (SSSR count). The van der Waals surface area contributed by atoms with Crippen LogP contribution >= 0.6 is 11.3 Å². The van der Waals surface area contributed by atoms with Crippen LogP contribution in [0.3, 0.4) is 0 Å².